The summed E-state index contributed by atoms with van der Waals surface area (Å²) in [7, 11) is 1.42. The molecular weight excluding hydrogens is 387 g/mol. The summed E-state index contributed by atoms with van der Waals surface area (Å²) in [5, 5.41) is 13.6. The van der Waals surface area contributed by atoms with Gasteiger partial charge in [-0.25, -0.2) is 0 Å². The van der Waals surface area contributed by atoms with Gasteiger partial charge in [-0.3, -0.25) is 14.9 Å². The number of nitro benzene ring substituents is 1. The molecule has 0 aromatic heterocycles. The van der Waals surface area contributed by atoms with Crippen molar-refractivity contribution in [2.75, 3.05) is 12.4 Å². The number of amides is 1. The fraction of sp³-hybridized carbons (Fsp3) is 0.0714. The maximum absolute atomic E-state index is 12.1. The Balaban J connectivity index is 2.28. The molecule has 1 N–H and O–H groups in total. The van der Waals surface area contributed by atoms with Crippen LogP contribution in [0.4, 0.5) is 11.4 Å². The first-order chi connectivity index (χ1) is 10.0. The average Bonchev–Trinajstić information content (AvgIpc) is 2.48. The predicted octanol–water partition coefficient (Wildman–Crippen LogP) is 3.46. The monoisotopic (exact) mass is 398 g/mol. The Hall–Kier alpha value is -2.16. The highest BCUT2D eigenvalue weighted by atomic mass is 127. The van der Waals surface area contributed by atoms with Crippen molar-refractivity contribution in [3.8, 4) is 5.75 Å². The molecule has 0 radical (unpaired) electrons. The largest absolute Gasteiger partial charge is 0.496 e. The van der Waals surface area contributed by atoms with Crippen LogP contribution in [0.1, 0.15) is 10.4 Å². The Morgan fingerprint density at radius 3 is 2.48 bits per heavy atom. The Labute approximate surface area is 134 Å². The second-order valence-electron chi connectivity index (χ2n) is 4.10. The number of hydrogen-bond donors (Lipinski definition) is 1. The SMILES string of the molecule is COc1ccc(NC(=O)c2ccc(I)cc2)c([N+](=O)[O-])c1. The number of rotatable bonds is 4. The highest BCUT2D eigenvalue weighted by Gasteiger charge is 2.17. The summed E-state index contributed by atoms with van der Waals surface area (Å²) < 4.78 is 5.94. The van der Waals surface area contributed by atoms with Crippen LogP contribution in [0.25, 0.3) is 0 Å². The van der Waals surface area contributed by atoms with E-state index in [1.54, 1.807) is 30.3 Å². The first-order valence-corrected chi connectivity index (χ1v) is 6.98. The van der Waals surface area contributed by atoms with Crippen LogP contribution in [0.2, 0.25) is 0 Å². The van der Waals surface area contributed by atoms with E-state index in [1.807, 2.05) is 0 Å². The summed E-state index contributed by atoms with van der Waals surface area (Å²) in [5.74, 6) is -0.0476. The molecule has 0 aliphatic rings. The summed E-state index contributed by atoms with van der Waals surface area (Å²) >= 11 is 2.13. The molecule has 0 bridgehead atoms. The third kappa shape index (κ3) is 3.69. The standard InChI is InChI=1S/C14H11IN2O4/c1-21-11-6-7-12(13(8-11)17(19)20)16-14(18)9-2-4-10(15)5-3-9/h2-8H,1H3,(H,16,18). The molecular formula is C14H11IN2O4. The number of nitrogens with one attached hydrogen (secondary N) is 1. The van der Waals surface area contributed by atoms with Crippen LogP contribution >= 0.6 is 22.6 Å². The minimum atomic E-state index is -0.563. The fourth-order valence-electron chi connectivity index (χ4n) is 1.69. The van der Waals surface area contributed by atoms with Crippen LogP contribution in [0.5, 0.6) is 5.75 Å². The third-order valence-corrected chi connectivity index (χ3v) is 3.48. The van der Waals surface area contributed by atoms with Gasteiger partial charge >= 0.3 is 0 Å². The zero-order valence-corrected chi connectivity index (χ0v) is 13.2. The number of nitrogens with zero attached hydrogens (tertiary/aromatic N) is 1. The van der Waals surface area contributed by atoms with Crippen molar-refractivity contribution >= 4 is 39.9 Å². The van der Waals surface area contributed by atoms with Gasteiger partial charge in [0.25, 0.3) is 11.6 Å². The second-order valence-corrected chi connectivity index (χ2v) is 5.35. The van der Waals surface area contributed by atoms with Crippen LogP contribution in [0.3, 0.4) is 0 Å². The van der Waals surface area contributed by atoms with E-state index in [-0.39, 0.29) is 11.4 Å². The number of carbonyl (C=O) groups is 1. The van der Waals surface area contributed by atoms with Gasteiger partial charge in [0.05, 0.1) is 18.1 Å². The molecule has 0 atom stereocenters. The summed E-state index contributed by atoms with van der Waals surface area (Å²) in [4.78, 5) is 22.6. The van der Waals surface area contributed by atoms with Gasteiger partial charge in [0.2, 0.25) is 0 Å². The van der Waals surface area contributed by atoms with Crippen molar-refractivity contribution in [1.82, 2.24) is 0 Å². The lowest BCUT2D eigenvalue weighted by atomic mass is 10.2. The molecule has 21 heavy (non-hydrogen) atoms. The second kappa shape index (κ2) is 6.53. The van der Waals surface area contributed by atoms with Gasteiger partial charge in [-0.15, -0.1) is 0 Å². The molecule has 6 nitrogen and oxygen atoms in total. The van der Waals surface area contributed by atoms with E-state index in [0.717, 1.165) is 3.57 Å². The first kappa shape index (κ1) is 15.2. The minimum Gasteiger partial charge on any atom is -0.496 e. The molecule has 0 unspecified atom stereocenters. The average molecular weight is 398 g/mol. The van der Waals surface area contributed by atoms with Crippen molar-refractivity contribution in [1.29, 1.82) is 0 Å². The van der Waals surface area contributed by atoms with E-state index >= 15 is 0 Å². The lowest BCUT2D eigenvalue weighted by molar-refractivity contribution is -0.384. The molecule has 0 saturated carbocycles. The molecule has 0 aliphatic carbocycles. The van der Waals surface area contributed by atoms with Crippen molar-refractivity contribution in [3.05, 3.63) is 61.7 Å². The normalized spacial score (nSPS) is 10.0. The quantitative estimate of drug-likeness (QED) is 0.486. The van der Waals surface area contributed by atoms with Gasteiger partial charge in [-0.2, -0.15) is 0 Å². The minimum absolute atomic E-state index is 0.129. The van der Waals surface area contributed by atoms with Crippen LogP contribution in [0, 0.1) is 13.7 Å². The lowest BCUT2D eigenvalue weighted by Crippen LogP contribution is -2.13. The first-order valence-electron chi connectivity index (χ1n) is 5.90. The van der Waals surface area contributed by atoms with Crippen LogP contribution in [-0.2, 0) is 0 Å². The molecule has 0 fully saturated rings. The molecule has 0 spiro atoms. The van der Waals surface area contributed by atoms with Crippen molar-refractivity contribution in [3.63, 3.8) is 0 Å². The van der Waals surface area contributed by atoms with Crippen molar-refractivity contribution in [2.24, 2.45) is 0 Å². The Kier molecular flexibility index (Phi) is 4.73. The van der Waals surface area contributed by atoms with Gasteiger partial charge in [0.1, 0.15) is 11.4 Å². The number of halogens is 1. The number of methoxy groups -OCH3 is 1. The van der Waals surface area contributed by atoms with E-state index in [9.17, 15) is 14.9 Å². The van der Waals surface area contributed by atoms with Gasteiger partial charge in [0.15, 0.2) is 0 Å². The molecule has 2 aromatic rings. The van der Waals surface area contributed by atoms with E-state index < -0.39 is 10.8 Å². The number of carbonyl (C=O) groups excluding carboxylic acids is 1. The van der Waals surface area contributed by atoms with Gasteiger partial charge in [-0.1, -0.05) is 0 Å². The topological polar surface area (TPSA) is 81.5 Å². The van der Waals surface area contributed by atoms with Crippen molar-refractivity contribution in [2.45, 2.75) is 0 Å². The van der Waals surface area contributed by atoms with Gasteiger partial charge < -0.3 is 10.1 Å². The van der Waals surface area contributed by atoms with E-state index in [2.05, 4.69) is 27.9 Å². The van der Waals surface area contributed by atoms with Crippen molar-refractivity contribution < 1.29 is 14.5 Å². The lowest BCUT2D eigenvalue weighted by Gasteiger charge is -2.07. The Morgan fingerprint density at radius 2 is 1.90 bits per heavy atom. The zero-order valence-electron chi connectivity index (χ0n) is 11.0. The van der Waals surface area contributed by atoms with Gasteiger partial charge in [0, 0.05) is 9.13 Å². The molecule has 0 aliphatic heterocycles. The molecule has 0 saturated heterocycles. The number of benzene rings is 2. The molecule has 1 amide bonds. The smallest absolute Gasteiger partial charge is 0.296 e. The fourth-order valence-corrected chi connectivity index (χ4v) is 2.05. The van der Waals surface area contributed by atoms with E-state index in [1.165, 1.54) is 19.2 Å². The van der Waals surface area contributed by atoms with Crippen LogP contribution < -0.4 is 10.1 Å². The maximum atomic E-state index is 12.1. The van der Waals surface area contributed by atoms with Gasteiger partial charge in [-0.05, 0) is 59.0 Å². The highest BCUT2D eigenvalue weighted by molar-refractivity contribution is 14.1. The predicted molar refractivity (Wildman–Crippen MR) is 86.8 cm³/mol. The molecule has 7 heteroatoms. The summed E-state index contributed by atoms with van der Waals surface area (Å²) in [6.45, 7) is 0. The molecule has 0 heterocycles. The number of hydrogen-bond acceptors (Lipinski definition) is 4. The Morgan fingerprint density at radius 1 is 1.24 bits per heavy atom. The van der Waals surface area contributed by atoms with Crippen LogP contribution in [-0.4, -0.2) is 17.9 Å². The molecule has 2 aromatic carbocycles. The van der Waals surface area contributed by atoms with Crippen LogP contribution in [0.15, 0.2) is 42.5 Å². The molecule has 108 valence electrons. The maximum Gasteiger partial charge on any atom is 0.296 e. The van der Waals surface area contributed by atoms with E-state index in [0.29, 0.717) is 11.3 Å². The molecule has 2 rings (SSSR count). The number of ether oxygens (including phenoxy) is 1. The van der Waals surface area contributed by atoms with E-state index in [4.69, 9.17) is 4.74 Å². The summed E-state index contributed by atoms with van der Waals surface area (Å²) in [6, 6.07) is 11.2. The highest BCUT2D eigenvalue weighted by Crippen LogP contribution is 2.29. The third-order valence-electron chi connectivity index (χ3n) is 2.76. The number of anilines is 1. The zero-order chi connectivity index (χ0) is 15.4. The Bertz CT molecular complexity index is 686. The summed E-state index contributed by atoms with van der Waals surface area (Å²) in [6.07, 6.45) is 0. The number of nitro groups is 1. The summed E-state index contributed by atoms with van der Waals surface area (Å²) in [5.41, 5.74) is 0.345.